The quantitative estimate of drug-likeness (QED) is 0.593. The van der Waals surface area contributed by atoms with Crippen LogP contribution < -0.4 is 14.4 Å². The molecular formula is C22H30N2O4S. The third kappa shape index (κ3) is 7.09. The van der Waals surface area contributed by atoms with Crippen molar-refractivity contribution in [2.45, 2.75) is 39.0 Å². The zero-order valence-electron chi connectivity index (χ0n) is 17.3. The molecule has 2 rings (SSSR count). The lowest BCUT2D eigenvalue weighted by molar-refractivity contribution is -0.116. The van der Waals surface area contributed by atoms with E-state index >= 15 is 0 Å². The largest absolute Gasteiger partial charge is 0.495 e. The molecule has 0 saturated heterocycles. The number of carbonyl (C=O) groups excluding carboxylic acids is 1. The van der Waals surface area contributed by atoms with Gasteiger partial charge < -0.3 is 10.1 Å². The third-order valence-corrected chi connectivity index (χ3v) is 5.76. The fourth-order valence-corrected chi connectivity index (χ4v) is 4.01. The Hall–Kier alpha value is -2.54. The molecule has 0 atom stereocenters. The highest BCUT2D eigenvalue weighted by atomic mass is 32.2. The molecule has 2 aromatic carbocycles. The fraction of sp³-hybridized carbons (Fsp3) is 0.409. The number of nitrogens with one attached hydrogen (secondary N) is 1. The Labute approximate surface area is 173 Å². The van der Waals surface area contributed by atoms with Crippen LogP contribution in [-0.2, 0) is 21.2 Å². The number of anilines is 2. The van der Waals surface area contributed by atoms with E-state index in [2.05, 4.69) is 12.2 Å². The molecule has 0 aliphatic rings. The first-order chi connectivity index (χ1) is 13.8. The number of methoxy groups -OCH3 is 1. The number of hydrogen-bond donors (Lipinski definition) is 1. The van der Waals surface area contributed by atoms with Crippen LogP contribution in [0, 0.1) is 0 Å². The number of aryl methyl sites for hydroxylation is 1. The topological polar surface area (TPSA) is 75.7 Å². The van der Waals surface area contributed by atoms with Crippen LogP contribution >= 0.6 is 0 Å². The van der Waals surface area contributed by atoms with Crippen molar-refractivity contribution >= 4 is 27.3 Å². The van der Waals surface area contributed by atoms with Crippen LogP contribution in [0.25, 0.3) is 0 Å². The second-order valence-electron chi connectivity index (χ2n) is 6.96. The van der Waals surface area contributed by atoms with Gasteiger partial charge in [0.05, 0.1) is 19.1 Å². The SMILES string of the molecule is CCCCc1ccc(NC(=O)CCCN(c2ccccc2OC)S(C)(=O)=O)cc1. The van der Waals surface area contributed by atoms with Crippen LogP contribution in [0.1, 0.15) is 38.2 Å². The number of sulfonamides is 1. The molecule has 0 saturated carbocycles. The third-order valence-electron chi connectivity index (χ3n) is 4.58. The van der Waals surface area contributed by atoms with Crippen LogP contribution in [0.5, 0.6) is 5.75 Å². The molecule has 7 heteroatoms. The lowest BCUT2D eigenvalue weighted by Gasteiger charge is -2.24. The first-order valence-corrected chi connectivity index (χ1v) is 11.7. The van der Waals surface area contributed by atoms with Crippen molar-refractivity contribution in [3.63, 3.8) is 0 Å². The summed E-state index contributed by atoms with van der Waals surface area (Å²) in [5, 5.41) is 2.87. The number of hydrogen-bond acceptors (Lipinski definition) is 4. The van der Waals surface area contributed by atoms with Crippen molar-refractivity contribution in [2.75, 3.05) is 29.5 Å². The number of nitrogens with zero attached hydrogens (tertiary/aromatic N) is 1. The second-order valence-corrected chi connectivity index (χ2v) is 8.87. The van der Waals surface area contributed by atoms with E-state index < -0.39 is 10.0 Å². The molecule has 0 fully saturated rings. The number of carbonyl (C=O) groups is 1. The molecule has 29 heavy (non-hydrogen) atoms. The molecule has 2 aromatic rings. The van der Waals surface area contributed by atoms with Crippen LogP contribution in [0.4, 0.5) is 11.4 Å². The first kappa shape index (κ1) is 22.7. The lowest BCUT2D eigenvalue weighted by Crippen LogP contribution is -2.31. The standard InChI is InChI=1S/C22H30N2O4S/c1-4-5-9-18-13-15-19(16-14-18)23-22(25)12-8-17-24(29(3,26)27)20-10-6-7-11-21(20)28-2/h6-7,10-11,13-16H,4-5,8-9,12,17H2,1-3H3,(H,23,25). The van der Waals surface area contributed by atoms with E-state index in [0.29, 0.717) is 17.9 Å². The smallest absolute Gasteiger partial charge is 0.232 e. The molecule has 1 N–H and O–H groups in total. The molecule has 0 radical (unpaired) electrons. The fourth-order valence-electron chi connectivity index (χ4n) is 3.04. The lowest BCUT2D eigenvalue weighted by atomic mass is 10.1. The summed E-state index contributed by atoms with van der Waals surface area (Å²) in [6.45, 7) is 2.36. The molecule has 0 aliphatic heterocycles. The minimum Gasteiger partial charge on any atom is -0.495 e. The predicted molar refractivity (Wildman–Crippen MR) is 118 cm³/mol. The number of rotatable bonds is 11. The van der Waals surface area contributed by atoms with Gasteiger partial charge in [-0.2, -0.15) is 0 Å². The zero-order chi connectivity index (χ0) is 21.3. The van der Waals surface area contributed by atoms with Gasteiger partial charge in [-0.25, -0.2) is 8.42 Å². The van der Waals surface area contributed by atoms with Gasteiger partial charge >= 0.3 is 0 Å². The summed E-state index contributed by atoms with van der Waals surface area (Å²) in [4.78, 5) is 12.3. The monoisotopic (exact) mass is 418 g/mol. The van der Waals surface area contributed by atoms with Crippen molar-refractivity contribution in [2.24, 2.45) is 0 Å². The van der Waals surface area contributed by atoms with Crippen molar-refractivity contribution in [3.8, 4) is 5.75 Å². The molecule has 0 bridgehead atoms. The predicted octanol–water partition coefficient (Wildman–Crippen LogP) is 4.22. The maximum atomic E-state index is 12.3. The molecular weight excluding hydrogens is 388 g/mol. The van der Waals surface area contributed by atoms with Gasteiger partial charge in [-0.05, 0) is 49.1 Å². The molecule has 0 spiro atoms. The highest BCUT2D eigenvalue weighted by Crippen LogP contribution is 2.29. The summed E-state index contributed by atoms with van der Waals surface area (Å²) < 4.78 is 31.0. The van der Waals surface area contributed by atoms with Crippen molar-refractivity contribution < 1.29 is 17.9 Å². The van der Waals surface area contributed by atoms with E-state index in [1.54, 1.807) is 24.3 Å². The number of para-hydroxylation sites is 2. The number of unbranched alkanes of at least 4 members (excludes halogenated alkanes) is 1. The van der Waals surface area contributed by atoms with Gasteiger partial charge in [-0.15, -0.1) is 0 Å². The number of benzene rings is 2. The van der Waals surface area contributed by atoms with Crippen molar-refractivity contribution in [3.05, 3.63) is 54.1 Å². The summed E-state index contributed by atoms with van der Waals surface area (Å²) in [6, 6.07) is 14.8. The van der Waals surface area contributed by atoms with Crippen LogP contribution in [-0.4, -0.2) is 34.2 Å². The van der Waals surface area contributed by atoms with Gasteiger partial charge in [0.1, 0.15) is 5.75 Å². The van der Waals surface area contributed by atoms with E-state index in [9.17, 15) is 13.2 Å². The average molecular weight is 419 g/mol. The highest BCUT2D eigenvalue weighted by Gasteiger charge is 2.20. The minimum atomic E-state index is -3.50. The van der Waals surface area contributed by atoms with E-state index in [1.165, 1.54) is 17.0 Å². The highest BCUT2D eigenvalue weighted by molar-refractivity contribution is 7.92. The molecule has 6 nitrogen and oxygen atoms in total. The normalized spacial score (nSPS) is 11.1. The van der Waals surface area contributed by atoms with Gasteiger partial charge in [0.15, 0.2) is 0 Å². The number of amides is 1. The van der Waals surface area contributed by atoms with Crippen molar-refractivity contribution in [1.29, 1.82) is 0 Å². The molecule has 0 aromatic heterocycles. The second kappa shape index (κ2) is 10.9. The average Bonchev–Trinajstić information content (AvgIpc) is 2.70. The van der Waals surface area contributed by atoms with Gasteiger partial charge in [0.25, 0.3) is 0 Å². The molecule has 0 aliphatic carbocycles. The molecule has 158 valence electrons. The Morgan fingerprint density at radius 2 is 1.76 bits per heavy atom. The Balaban J connectivity index is 1.93. The van der Waals surface area contributed by atoms with Crippen LogP contribution in [0.3, 0.4) is 0 Å². The van der Waals surface area contributed by atoms with Crippen molar-refractivity contribution in [1.82, 2.24) is 0 Å². The first-order valence-electron chi connectivity index (χ1n) is 9.84. The molecule has 0 heterocycles. The van der Waals surface area contributed by atoms with Crippen LogP contribution in [0.15, 0.2) is 48.5 Å². The summed E-state index contributed by atoms with van der Waals surface area (Å²) in [7, 11) is -2.00. The Bertz CT molecular complexity index is 895. The van der Waals surface area contributed by atoms with E-state index in [4.69, 9.17) is 4.74 Å². The van der Waals surface area contributed by atoms with E-state index in [1.807, 2.05) is 24.3 Å². The number of ether oxygens (including phenoxy) is 1. The van der Waals surface area contributed by atoms with E-state index in [0.717, 1.165) is 31.2 Å². The summed E-state index contributed by atoms with van der Waals surface area (Å²) in [5.74, 6) is 0.338. The van der Waals surface area contributed by atoms with Gasteiger partial charge in [0.2, 0.25) is 15.9 Å². The molecule has 1 amide bonds. The Kier molecular flexibility index (Phi) is 8.51. The maximum Gasteiger partial charge on any atom is 0.232 e. The summed E-state index contributed by atoms with van der Waals surface area (Å²) in [6.07, 6.45) is 5.10. The molecule has 0 unspecified atom stereocenters. The summed E-state index contributed by atoms with van der Waals surface area (Å²) >= 11 is 0. The van der Waals surface area contributed by atoms with Gasteiger partial charge in [-0.3, -0.25) is 9.10 Å². The Morgan fingerprint density at radius 3 is 2.38 bits per heavy atom. The summed E-state index contributed by atoms with van der Waals surface area (Å²) in [5.41, 5.74) is 2.48. The minimum absolute atomic E-state index is 0.139. The van der Waals surface area contributed by atoms with Crippen LogP contribution in [0.2, 0.25) is 0 Å². The Morgan fingerprint density at radius 1 is 1.07 bits per heavy atom. The zero-order valence-corrected chi connectivity index (χ0v) is 18.2. The van der Waals surface area contributed by atoms with Gasteiger partial charge in [0, 0.05) is 18.7 Å². The van der Waals surface area contributed by atoms with Gasteiger partial charge in [-0.1, -0.05) is 37.6 Å². The maximum absolute atomic E-state index is 12.3. The van der Waals surface area contributed by atoms with E-state index in [-0.39, 0.29) is 18.9 Å².